The van der Waals surface area contributed by atoms with Gasteiger partial charge in [-0.25, -0.2) is 4.79 Å². The molecular weight excluding hydrogens is 304 g/mol. The molecule has 136 valence electrons. The molecule has 24 heavy (non-hydrogen) atoms. The fraction of sp³-hybridized carbons (Fsp3) is 0.889. The molecular formula is C18H32N4O2. The zero-order valence-electron chi connectivity index (χ0n) is 14.7. The molecule has 3 rings (SSSR count). The summed E-state index contributed by atoms with van der Waals surface area (Å²) in [5.41, 5.74) is 0. The molecule has 3 amide bonds. The van der Waals surface area contributed by atoms with Gasteiger partial charge in [-0.15, -0.1) is 0 Å². The molecule has 0 spiro atoms. The number of nitrogens with zero attached hydrogens (tertiary/aromatic N) is 1. The van der Waals surface area contributed by atoms with E-state index < -0.39 is 0 Å². The van der Waals surface area contributed by atoms with Gasteiger partial charge in [0.1, 0.15) is 0 Å². The third-order valence-corrected chi connectivity index (χ3v) is 5.73. The van der Waals surface area contributed by atoms with Crippen molar-refractivity contribution in [2.75, 3.05) is 26.2 Å². The van der Waals surface area contributed by atoms with Gasteiger partial charge in [0.25, 0.3) is 0 Å². The van der Waals surface area contributed by atoms with Gasteiger partial charge in [0, 0.05) is 31.7 Å². The number of likely N-dealkylation sites (tertiary alicyclic amines) is 1. The average Bonchev–Trinajstić information content (AvgIpc) is 2.63. The van der Waals surface area contributed by atoms with Crippen molar-refractivity contribution in [3.8, 4) is 0 Å². The number of nitrogens with one attached hydrogen (secondary N) is 3. The number of amides is 3. The Kier molecular flexibility index (Phi) is 6.35. The zero-order chi connectivity index (χ0) is 16.8. The van der Waals surface area contributed by atoms with Crippen LogP contribution in [0.4, 0.5) is 4.79 Å². The monoisotopic (exact) mass is 336 g/mol. The summed E-state index contributed by atoms with van der Waals surface area (Å²) in [4.78, 5) is 26.7. The number of carbonyl (C=O) groups excluding carboxylic acids is 2. The number of urea groups is 1. The van der Waals surface area contributed by atoms with Crippen molar-refractivity contribution in [1.29, 1.82) is 0 Å². The van der Waals surface area contributed by atoms with E-state index in [9.17, 15) is 9.59 Å². The molecule has 0 aromatic heterocycles. The van der Waals surface area contributed by atoms with E-state index in [0.29, 0.717) is 11.9 Å². The molecule has 1 aliphatic carbocycles. The maximum Gasteiger partial charge on any atom is 0.315 e. The van der Waals surface area contributed by atoms with E-state index in [-0.39, 0.29) is 18.0 Å². The van der Waals surface area contributed by atoms with Crippen LogP contribution in [0.25, 0.3) is 0 Å². The lowest BCUT2D eigenvalue weighted by Crippen LogP contribution is -2.52. The predicted molar refractivity (Wildman–Crippen MR) is 93.7 cm³/mol. The third kappa shape index (κ3) is 4.85. The maximum absolute atomic E-state index is 12.5. The topological polar surface area (TPSA) is 73.5 Å². The molecule has 3 fully saturated rings. The number of hydrogen-bond donors (Lipinski definition) is 3. The molecule has 2 heterocycles. The molecule has 0 radical (unpaired) electrons. The van der Waals surface area contributed by atoms with Gasteiger partial charge in [-0.2, -0.15) is 0 Å². The summed E-state index contributed by atoms with van der Waals surface area (Å²) in [7, 11) is 0. The second-order valence-electron chi connectivity index (χ2n) is 7.60. The van der Waals surface area contributed by atoms with Crippen molar-refractivity contribution in [1.82, 2.24) is 20.9 Å². The van der Waals surface area contributed by atoms with Gasteiger partial charge in [0.2, 0.25) is 5.91 Å². The van der Waals surface area contributed by atoms with Gasteiger partial charge in [0.05, 0.1) is 5.92 Å². The van der Waals surface area contributed by atoms with Crippen LogP contribution in [0.2, 0.25) is 0 Å². The summed E-state index contributed by atoms with van der Waals surface area (Å²) in [6.07, 6.45) is 9.79. The maximum atomic E-state index is 12.5. The second-order valence-corrected chi connectivity index (χ2v) is 7.60. The first-order chi connectivity index (χ1) is 11.7. The van der Waals surface area contributed by atoms with Crippen molar-refractivity contribution in [3.63, 3.8) is 0 Å². The van der Waals surface area contributed by atoms with E-state index in [1.54, 1.807) is 0 Å². The van der Waals surface area contributed by atoms with Crippen LogP contribution in [0.1, 0.15) is 57.8 Å². The van der Waals surface area contributed by atoms with Crippen LogP contribution in [0.3, 0.4) is 0 Å². The minimum Gasteiger partial charge on any atom is -0.342 e. The van der Waals surface area contributed by atoms with Crippen molar-refractivity contribution in [2.45, 2.75) is 69.9 Å². The van der Waals surface area contributed by atoms with Gasteiger partial charge in [0.15, 0.2) is 0 Å². The predicted octanol–water partition coefficient (Wildman–Crippen LogP) is 1.61. The Balaban J connectivity index is 1.36. The van der Waals surface area contributed by atoms with E-state index in [1.807, 2.05) is 4.90 Å². The number of hydrogen-bond acceptors (Lipinski definition) is 3. The Bertz CT molecular complexity index is 423. The van der Waals surface area contributed by atoms with Gasteiger partial charge in [-0.1, -0.05) is 19.3 Å². The first-order valence-corrected chi connectivity index (χ1v) is 9.79. The standard InChI is InChI=1S/C18H32N4O2/c23-17(14-5-4-10-19-13-14)22-11-8-16(9-12-22)21-18(24)20-15-6-2-1-3-7-15/h14-16,19H,1-13H2,(H2,20,21,24). The number of rotatable bonds is 3. The summed E-state index contributed by atoms with van der Waals surface area (Å²) < 4.78 is 0. The average molecular weight is 336 g/mol. The molecule has 0 aromatic rings. The quantitative estimate of drug-likeness (QED) is 0.733. The summed E-state index contributed by atoms with van der Waals surface area (Å²) >= 11 is 0. The molecule has 6 heteroatoms. The van der Waals surface area contributed by atoms with Crippen LogP contribution < -0.4 is 16.0 Å². The van der Waals surface area contributed by atoms with Crippen molar-refractivity contribution >= 4 is 11.9 Å². The molecule has 1 unspecified atom stereocenters. The van der Waals surface area contributed by atoms with Gasteiger partial charge < -0.3 is 20.9 Å². The molecule has 3 N–H and O–H groups in total. The van der Waals surface area contributed by atoms with E-state index in [0.717, 1.165) is 64.7 Å². The summed E-state index contributed by atoms with van der Waals surface area (Å²) in [6, 6.07) is 0.518. The SMILES string of the molecule is O=C(NC1CCCCC1)NC1CCN(C(=O)C2CCCNC2)CC1. The van der Waals surface area contributed by atoms with Crippen LogP contribution in [0.5, 0.6) is 0 Å². The lowest BCUT2D eigenvalue weighted by Gasteiger charge is -2.35. The van der Waals surface area contributed by atoms with Gasteiger partial charge in [-0.05, 0) is 45.1 Å². The van der Waals surface area contributed by atoms with Crippen LogP contribution >= 0.6 is 0 Å². The molecule has 0 aromatic carbocycles. The second kappa shape index (κ2) is 8.70. The fourth-order valence-corrected chi connectivity index (χ4v) is 4.22. The van der Waals surface area contributed by atoms with Crippen LogP contribution in [0, 0.1) is 5.92 Å². The van der Waals surface area contributed by atoms with Crippen LogP contribution in [-0.2, 0) is 4.79 Å². The lowest BCUT2D eigenvalue weighted by atomic mass is 9.95. The van der Waals surface area contributed by atoms with Crippen molar-refractivity contribution in [3.05, 3.63) is 0 Å². The fourth-order valence-electron chi connectivity index (χ4n) is 4.22. The molecule has 1 atom stereocenters. The largest absolute Gasteiger partial charge is 0.342 e. The van der Waals surface area contributed by atoms with Crippen molar-refractivity contribution in [2.24, 2.45) is 5.92 Å². The summed E-state index contributed by atoms with van der Waals surface area (Å²) in [5, 5.41) is 9.53. The lowest BCUT2D eigenvalue weighted by molar-refractivity contribution is -0.137. The Morgan fingerprint density at radius 1 is 0.833 bits per heavy atom. The first-order valence-electron chi connectivity index (χ1n) is 9.79. The Morgan fingerprint density at radius 3 is 2.12 bits per heavy atom. The van der Waals surface area contributed by atoms with E-state index in [4.69, 9.17) is 0 Å². The third-order valence-electron chi connectivity index (χ3n) is 5.73. The van der Waals surface area contributed by atoms with Crippen LogP contribution in [0.15, 0.2) is 0 Å². The molecule has 0 bridgehead atoms. The molecule has 3 aliphatic rings. The Morgan fingerprint density at radius 2 is 1.50 bits per heavy atom. The highest BCUT2D eigenvalue weighted by atomic mass is 16.2. The number of carbonyl (C=O) groups is 2. The highest BCUT2D eigenvalue weighted by Gasteiger charge is 2.29. The number of piperidine rings is 2. The minimum absolute atomic E-state index is 0.0249. The molecule has 2 saturated heterocycles. The highest BCUT2D eigenvalue weighted by Crippen LogP contribution is 2.19. The minimum atomic E-state index is -0.0249. The van der Waals surface area contributed by atoms with E-state index in [2.05, 4.69) is 16.0 Å². The zero-order valence-corrected chi connectivity index (χ0v) is 14.7. The molecule has 1 saturated carbocycles. The summed E-state index contributed by atoms with van der Waals surface area (Å²) in [6.45, 7) is 3.39. The first kappa shape index (κ1) is 17.5. The van der Waals surface area contributed by atoms with Crippen LogP contribution in [-0.4, -0.2) is 55.1 Å². The normalized spacial score (nSPS) is 26.8. The molecule has 2 aliphatic heterocycles. The van der Waals surface area contributed by atoms with Crippen molar-refractivity contribution < 1.29 is 9.59 Å². The summed E-state index contributed by atoms with van der Waals surface area (Å²) in [5.74, 6) is 0.449. The molecule has 6 nitrogen and oxygen atoms in total. The smallest absolute Gasteiger partial charge is 0.315 e. The van der Waals surface area contributed by atoms with E-state index in [1.165, 1.54) is 19.3 Å². The van der Waals surface area contributed by atoms with E-state index >= 15 is 0 Å². The highest BCUT2D eigenvalue weighted by molar-refractivity contribution is 5.79. The van der Waals surface area contributed by atoms with Gasteiger partial charge in [-0.3, -0.25) is 4.79 Å². The Hall–Kier alpha value is -1.30. The Labute approximate surface area is 145 Å². The van der Waals surface area contributed by atoms with Gasteiger partial charge >= 0.3 is 6.03 Å².